The van der Waals surface area contributed by atoms with Crippen LogP contribution >= 0.6 is 34.7 Å². The highest BCUT2D eigenvalue weighted by atomic mass is 35.5. The van der Waals surface area contributed by atoms with Crippen molar-refractivity contribution in [2.45, 2.75) is 36.4 Å². The quantitative estimate of drug-likeness (QED) is 0.215. The molecule has 0 spiro atoms. The van der Waals surface area contributed by atoms with Crippen molar-refractivity contribution < 1.29 is 27.8 Å². The van der Waals surface area contributed by atoms with Crippen molar-refractivity contribution in [2.75, 3.05) is 7.11 Å². The average molecular weight is 570 g/mol. The number of allylic oxidation sites excluding steroid dienone is 1. The second-order valence-corrected chi connectivity index (χ2v) is 11.3. The van der Waals surface area contributed by atoms with E-state index in [0.717, 1.165) is 23.5 Å². The molecule has 1 aromatic heterocycles. The Hall–Kier alpha value is -3.02. The first-order chi connectivity index (χ1) is 17.3. The van der Waals surface area contributed by atoms with Gasteiger partial charge in [0.1, 0.15) is 5.75 Å². The number of aliphatic carboxylic acids is 1. The fourth-order valence-corrected chi connectivity index (χ4v) is 5.94. The summed E-state index contributed by atoms with van der Waals surface area (Å²) in [4.78, 5) is 21.1. The minimum atomic E-state index is -4.46. The molecule has 0 aliphatic rings. The number of thiazole rings is 1. The van der Waals surface area contributed by atoms with E-state index in [1.807, 2.05) is 13.8 Å². The van der Waals surface area contributed by atoms with Crippen LogP contribution in [0.15, 0.2) is 57.4 Å². The van der Waals surface area contributed by atoms with Crippen LogP contribution in [-0.4, -0.2) is 34.1 Å². The third-order valence-electron chi connectivity index (χ3n) is 4.85. The molecular weight excluding hydrogens is 547 g/mol. The molecule has 0 saturated carbocycles. The zero-order chi connectivity index (χ0) is 27.5. The first-order valence-electron chi connectivity index (χ1n) is 10.8. The molecule has 0 amide bonds. The summed E-state index contributed by atoms with van der Waals surface area (Å²) in [6, 6.07) is 9.33. The van der Waals surface area contributed by atoms with Gasteiger partial charge in [0.15, 0.2) is 5.71 Å². The van der Waals surface area contributed by atoms with E-state index in [9.17, 15) is 23.1 Å². The van der Waals surface area contributed by atoms with E-state index in [4.69, 9.17) is 22.1 Å². The molecule has 0 aliphatic carbocycles. The Morgan fingerprint density at radius 1 is 1.22 bits per heavy atom. The Morgan fingerprint density at radius 3 is 2.38 bits per heavy atom. The number of alkyl halides is 3. The minimum Gasteiger partial charge on any atom is -0.497 e. The fraction of sp³-hybridized carbons (Fsp3) is 0.240. The molecule has 0 unspecified atom stereocenters. The number of carbonyl (C=O) groups is 1. The number of nitrogens with two attached hydrogens (primary N) is 1. The molecule has 3 N–H and O–H groups in total. The molecule has 0 saturated heterocycles. The smallest absolute Gasteiger partial charge is 0.416 e. The van der Waals surface area contributed by atoms with Crippen LogP contribution in [0.1, 0.15) is 31.9 Å². The largest absolute Gasteiger partial charge is 0.497 e. The highest BCUT2D eigenvalue weighted by Crippen LogP contribution is 2.42. The zero-order valence-corrected chi connectivity index (χ0v) is 22.6. The van der Waals surface area contributed by atoms with Crippen molar-refractivity contribution in [2.24, 2.45) is 10.7 Å². The maximum absolute atomic E-state index is 13.0. The van der Waals surface area contributed by atoms with Gasteiger partial charge in [-0.2, -0.15) is 13.2 Å². The molecule has 0 atom stereocenters. The van der Waals surface area contributed by atoms with Gasteiger partial charge in [-0.1, -0.05) is 48.9 Å². The molecular formula is C25H23ClF3N3O3S2. The van der Waals surface area contributed by atoms with E-state index >= 15 is 0 Å². The summed E-state index contributed by atoms with van der Waals surface area (Å²) in [6.07, 6.45) is -4.46. The molecule has 0 bridgehead atoms. The second-order valence-electron chi connectivity index (χ2n) is 8.08. The van der Waals surface area contributed by atoms with Crippen molar-refractivity contribution in [3.63, 3.8) is 0 Å². The maximum atomic E-state index is 13.0. The predicted molar refractivity (Wildman–Crippen MR) is 143 cm³/mol. The lowest BCUT2D eigenvalue weighted by Crippen LogP contribution is -2.18. The third-order valence-corrected chi connectivity index (χ3v) is 7.23. The second kappa shape index (κ2) is 11.6. The molecule has 3 aromatic rings. The lowest BCUT2D eigenvalue weighted by atomic mass is 9.99. The molecule has 1 heterocycles. The van der Waals surface area contributed by atoms with Crippen molar-refractivity contribution in [1.29, 1.82) is 0 Å². The monoisotopic (exact) mass is 569 g/mol. The van der Waals surface area contributed by atoms with E-state index in [1.54, 1.807) is 18.2 Å². The Kier molecular flexibility index (Phi) is 8.93. The van der Waals surface area contributed by atoms with Gasteiger partial charge < -0.3 is 15.6 Å². The molecule has 0 aliphatic heterocycles. The van der Waals surface area contributed by atoms with Gasteiger partial charge in [-0.25, -0.2) is 14.8 Å². The predicted octanol–water partition coefficient (Wildman–Crippen LogP) is 7.54. The number of rotatable bonds is 8. The number of hydrogen-bond acceptors (Lipinski definition) is 7. The van der Waals surface area contributed by atoms with Gasteiger partial charge in [-0.3, -0.25) is 0 Å². The molecule has 0 radical (unpaired) electrons. The number of thioether (sulfide) groups is 1. The Balaban J connectivity index is 2.16. The highest BCUT2D eigenvalue weighted by molar-refractivity contribution is 8.01. The minimum absolute atomic E-state index is 0.114. The van der Waals surface area contributed by atoms with Gasteiger partial charge >= 0.3 is 12.1 Å². The van der Waals surface area contributed by atoms with Crippen LogP contribution in [0.25, 0.3) is 16.8 Å². The number of halogens is 4. The number of carboxylic acid groups (broad SMARTS) is 1. The standard InChI is InChI=1S/C25H23ClF3N3O3S2/c1-12(2)36-23-20(14-5-7-16(8-6-14)25(27,28)29)31-24(37-23)32-21(22(33)34)19(13(3)30)15-9-17(26)11-18(10-15)35-4/h5-12H,30H2,1-4H3,(H,33,34). The normalized spacial score (nSPS) is 13.1. The molecule has 0 fully saturated rings. The SMILES string of the molecule is COc1cc(Cl)cc(C(C(=Nc2nc(-c3ccc(C(F)(F)F)cc3)c(SC(C)C)s2)C(=O)O)=C(C)N)c1. The number of aromatic nitrogens is 1. The number of aliphatic imine (C=N–C) groups is 1. The van der Waals surface area contributed by atoms with Crippen molar-refractivity contribution in [1.82, 2.24) is 4.98 Å². The van der Waals surface area contributed by atoms with E-state index < -0.39 is 17.7 Å². The van der Waals surface area contributed by atoms with Crippen LogP contribution in [-0.2, 0) is 11.0 Å². The molecule has 196 valence electrons. The number of carboxylic acids is 1. The van der Waals surface area contributed by atoms with Gasteiger partial charge in [0.2, 0.25) is 5.13 Å². The first-order valence-corrected chi connectivity index (χ1v) is 12.9. The van der Waals surface area contributed by atoms with Gasteiger partial charge in [-0.05, 0) is 42.8 Å². The lowest BCUT2D eigenvalue weighted by molar-refractivity contribution is -0.137. The Morgan fingerprint density at radius 2 is 1.86 bits per heavy atom. The van der Waals surface area contributed by atoms with Crippen LogP contribution in [0.3, 0.4) is 0 Å². The van der Waals surface area contributed by atoms with E-state index in [1.165, 1.54) is 37.9 Å². The summed E-state index contributed by atoms with van der Waals surface area (Å²) in [7, 11) is 1.45. The summed E-state index contributed by atoms with van der Waals surface area (Å²) in [6.45, 7) is 5.45. The summed E-state index contributed by atoms with van der Waals surface area (Å²) in [5, 5.41) is 10.6. The maximum Gasteiger partial charge on any atom is 0.416 e. The van der Waals surface area contributed by atoms with Crippen LogP contribution in [0, 0.1) is 0 Å². The topological polar surface area (TPSA) is 97.8 Å². The number of nitrogens with zero attached hydrogens (tertiary/aromatic N) is 2. The molecule has 6 nitrogen and oxygen atoms in total. The number of methoxy groups -OCH3 is 1. The van der Waals surface area contributed by atoms with E-state index in [0.29, 0.717) is 31.8 Å². The Bertz CT molecular complexity index is 1360. The molecule has 12 heteroatoms. The lowest BCUT2D eigenvalue weighted by Gasteiger charge is -2.12. The van der Waals surface area contributed by atoms with Crippen LogP contribution < -0.4 is 10.5 Å². The average Bonchev–Trinajstić information content (AvgIpc) is 3.18. The number of ether oxygens (including phenoxy) is 1. The van der Waals surface area contributed by atoms with Crippen molar-refractivity contribution in [3.05, 3.63) is 64.3 Å². The zero-order valence-electron chi connectivity index (χ0n) is 20.2. The highest BCUT2D eigenvalue weighted by Gasteiger charge is 2.30. The number of hydrogen-bond donors (Lipinski definition) is 2. The summed E-state index contributed by atoms with van der Waals surface area (Å²) in [5.74, 6) is -0.941. The van der Waals surface area contributed by atoms with Crippen LogP contribution in [0.5, 0.6) is 5.75 Å². The van der Waals surface area contributed by atoms with Gasteiger partial charge in [0.25, 0.3) is 0 Å². The van der Waals surface area contributed by atoms with E-state index in [2.05, 4.69) is 9.98 Å². The van der Waals surface area contributed by atoms with Crippen molar-refractivity contribution >= 4 is 57.1 Å². The summed E-state index contributed by atoms with van der Waals surface area (Å²) >= 11 is 8.78. The van der Waals surface area contributed by atoms with E-state index in [-0.39, 0.29) is 27.4 Å². The fourth-order valence-electron chi connectivity index (χ4n) is 3.32. The summed E-state index contributed by atoms with van der Waals surface area (Å²) in [5.41, 5.74) is 6.52. The van der Waals surface area contributed by atoms with Crippen LogP contribution in [0.4, 0.5) is 18.3 Å². The number of benzene rings is 2. The molecule has 2 aromatic carbocycles. The molecule has 37 heavy (non-hydrogen) atoms. The third kappa shape index (κ3) is 7.06. The van der Waals surface area contributed by atoms with Gasteiger partial charge in [0, 0.05) is 27.1 Å². The first kappa shape index (κ1) is 28.5. The van der Waals surface area contributed by atoms with Crippen LogP contribution in [0.2, 0.25) is 5.02 Å². The Labute approximate surface area is 225 Å². The van der Waals surface area contributed by atoms with Gasteiger partial charge in [0.05, 0.1) is 22.6 Å². The molecule has 3 rings (SSSR count). The summed E-state index contributed by atoms with van der Waals surface area (Å²) < 4.78 is 45.0. The van der Waals surface area contributed by atoms with Crippen molar-refractivity contribution in [3.8, 4) is 17.0 Å². The van der Waals surface area contributed by atoms with Gasteiger partial charge in [-0.15, -0.1) is 11.8 Å².